The topological polar surface area (TPSA) is 209 Å². The van der Waals surface area contributed by atoms with E-state index in [2.05, 4.69) is 42.0 Å². The van der Waals surface area contributed by atoms with E-state index in [-0.39, 0.29) is 55.7 Å². The van der Waals surface area contributed by atoms with Gasteiger partial charge in [-0.25, -0.2) is 4.79 Å². The standard InChI is InChI=1S/C41H76N4O10/c1-36(2,3)32(48)28(45-37(4,5)6)17-15-16-23-42-31(47)20-21-40(11,12)54-25-22-41(13,14)55-26-24-43-30(46)19-18-29(33(49)50)44-34(51)38(7,8)27-39(9,10)35(52)53/h28-29,45H,15-27H2,1-14H3,(H,42,47)(H,43,46)(H,44,51)(H,49,50)(H,52,53)/t28-,29-/m0/s1. The third-order valence-corrected chi connectivity index (χ3v) is 9.31. The Morgan fingerprint density at radius 1 is 0.600 bits per heavy atom. The summed E-state index contributed by atoms with van der Waals surface area (Å²) in [6.07, 6.45) is 3.47. The molecule has 0 aromatic rings. The fourth-order valence-corrected chi connectivity index (χ4v) is 5.99. The lowest BCUT2D eigenvalue weighted by Gasteiger charge is -2.32. The van der Waals surface area contributed by atoms with Crippen molar-refractivity contribution >= 4 is 35.4 Å². The molecule has 3 amide bonds. The first-order valence-electron chi connectivity index (χ1n) is 19.7. The van der Waals surface area contributed by atoms with E-state index in [0.29, 0.717) is 38.8 Å². The zero-order valence-corrected chi connectivity index (χ0v) is 36.5. The molecular weight excluding hydrogens is 708 g/mol. The van der Waals surface area contributed by atoms with Crippen LogP contribution in [0.3, 0.4) is 0 Å². The van der Waals surface area contributed by atoms with Crippen molar-refractivity contribution in [2.75, 3.05) is 26.3 Å². The molecule has 320 valence electrons. The first-order chi connectivity index (χ1) is 24.8. The van der Waals surface area contributed by atoms with E-state index in [1.165, 1.54) is 13.8 Å². The van der Waals surface area contributed by atoms with Crippen LogP contribution in [-0.2, 0) is 38.2 Å². The molecule has 0 rings (SSSR count). The van der Waals surface area contributed by atoms with E-state index < -0.39 is 57.2 Å². The normalized spacial score (nSPS) is 14.1. The Kier molecular flexibility index (Phi) is 20.8. The summed E-state index contributed by atoms with van der Waals surface area (Å²) in [5, 5.41) is 30.6. The second-order valence-corrected chi connectivity index (χ2v) is 19.4. The van der Waals surface area contributed by atoms with Crippen molar-refractivity contribution in [2.45, 2.75) is 184 Å². The van der Waals surface area contributed by atoms with Gasteiger partial charge in [-0.05, 0) is 107 Å². The molecule has 55 heavy (non-hydrogen) atoms. The van der Waals surface area contributed by atoms with Crippen LogP contribution >= 0.6 is 0 Å². The molecule has 0 unspecified atom stereocenters. The van der Waals surface area contributed by atoms with Gasteiger partial charge >= 0.3 is 11.9 Å². The molecule has 0 saturated heterocycles. The van der Waals surface area contributed by atoms with Crippen LogP contribution < -0.4 is 21.3 Å². The number of carbonyl (C=O) groups is 6. The number of rotatable bonds is 27. The molecule has 0 radical (unpaired) electrons. The highest BCUT2D eigenvalue weighted by Gasteiger charge is 2.40. The maximum Gasteiger partial charge on any atom is 0.326 e. The minimum atomic E-state index is -1.31. The highest BCUT2D eigenvalue weighted by Crippen LogP contribution is 2.34. The van der Waals surface area contributed by atoms with Gasteiger partial charge in [-0.1, -0.05) is 34.6 Å². The SMILES string of the molecule is CC(C)(C)N[C@@H](CCCCNC(=O)CCC(C)(C)OCCC(C)(C)OCCNC(=O)CC[C@H](NC(=O)C(C)(C)CC(C)(C)C(=O)O)C(=O)O)C(=O)C(C)(C)C. The molecular formula is C41H76N4O10. The number of ketones is 1. The van der Waals surface area contributed by atoms with Gasteiger partial charge in [0, 0.05) is 42.3 Å². The number of hydrogen-bond acceptors (Lipinski definition) is 9. The molecule has 0 aliphatic rings. The van der Waals surface area contributed by atoms with Crippen molar-refractivity contribution in [2.24, 2.45) is 16.2 Å². The van der Waals surface area contributed by atoms with Crippen LogP contribution in [0.1, 0.15) is 155 Å². The van der Waals surface area contributed by atoms with E-state index in [0.717, 1.165) is 12.8 Å². The molecule has 0 aromatic heterocycles. The van der Waals surface area contributed by atoms with Gasteiger partial charge in [0.25, 0.3) is 0 Å². The fourth-order valence-electron chi connectivity index (χ4n) is 5.99. The second-order valence-electron chi connectivity index (χ2n) is 19.4. The van der Waals surface area contributed by atoms with Crippen LogP contribution in [0, 0.1) is 16.2 Å². The van der Waals surface area contributed by atoms with E-state index in [1.54, 1.807) is 13.8 Å². The highest BCUT2D eigenvalue weighted by atomic mass is 16.5. The lowest BCUT2D eigenvalue weighted by Crippen LogP contribution is -2.50. The minimum absolute atomic E-state index is 0.00440. The molecule has 2 atom stereocenters. The summed E-state index contributed by atoms with van der Waals surface area (Å²) in [6, 6.07) is -1.53. The van der Waals surface area contributed by atoms with Crippen LogP contribution in [0.25, 0.3) is 0 Å². The van der Waals surface area contributed by atoms with Gasteiger partial charge in [-0.2, -0.15) is 0 Å². The Bertz CT molecular complexity index is 1280. The Balaban J connectivity index is 4.51. The molecule has 0 bridgehead atoms. The number of hydrogen-bond donors (Lipinski definition) is 6. The van der Waals surface area contributed by atoms with E-state index in [9.17, 15) is 39.0 Å². The number of ether oxygens (including phenoxy) is 2. The average molecular weight is 785 g/mol. The monoisotopic (exact) mass is 785 g/mol. The van der Waals surface area contributed by atoms with Crippen LogP contribution in [0.15, 0.2) is 0 Å². The lowest BCUT2D eigenvalue weighted by atomic mass is 9.74. The molecule has 14 nitrogen and oxygen atoms in total. The molecule has 0 spiro atoms. The Hall–Kier alpha value is -3.10. The predicted octanol–water partition coefficient (Wildman–Crippen LogP) is 5.40. The molecule has 6 N–H and O–H groups in total. The molecule has 0 saturated carbocycles. The van der Waals surface area contributed by atoms with Gasteiger partial charge in [0.1, 0.15) is 6.04 Å². The number of amides is 3. The largest absolute Gasteiger partial charge is 0.481 e. The van der Waals surface area contributed by atoms with E-state index in [4.69, 9.17) is 9.47 Å². The van der Waals surface area contributed by atoms with Crippen LogP contribution in [0.2, 0.25) is 0 Å². The quantitative estimate of drug-likeness (QED) is 0.0581. The Labute approximate surface area is 330 Å². The second kappa shape index (κ2) is 22.0. The Morgan fingerprint density at radius 3 is 1.65 bits per heavy atom. The van der Waals surface area contributed by atoms with Crippen LogP contribution in [0.5, 0.6) is 0 Å². The molecule has 0 heterocycles. The van der Waals surface area contributed by atoms with E-state index >= 15 is 0 Å². The zero-order chi connectivity index (χ0) is 43.1. The summed E-state index contributed by atoms with van der Waals surface area (Å²) >= 11 is 0. The predicted molar refractivity (Wildman–Crippen MR) is 214 cm³/mol. The molecule has 0 aliphatic carbocycles. The third kappa shape index (κ3) is 22.9. The molecule has 0 fully saturated rings. The van der Waals surface area contributed by atoms with Crippen LogP contribution in [-0.4, -0.2) is 101 Å². The highest BCUT2D eigenvalue weighted by molar-refractivity contribution is 5.89. The summed E-state index contributed by atoms with van der Waals surface area (Å²) in [5.41, 5.74) is -4.02. The number of carboxylic acids is 2. The molecule has 0 aliphatic heterocycles. The fraction of sp³-hybridized carbons (Fsp3) is 0.854. The van der Waals surface area contributed by atoms with Gasteiger partial charge in [-0.15, -0.1) is 0 Å². The number of unbranched alkanes of at least 4 members (excludes halogenated alkanes) is 1. The maximum absolute atomic E-state index is 12.9. The smallest absolute Gasteiger partial charge is 0.326 e. The van der Waals surface area contributed by atoms with Gasteiger partial charge < -0.3 is 41.0 Å². The van der Waals surface area contributed by atoms with Gasteiger partial charge in [0.2, 0.25) is 17.7 Å². The third-order valence-electron chi connectivity index (χ3n) is 9.31. The molecule has 14 heteroatoms. The number of nitrogens with one attached hydrogen (secondary N) is 4. The average Bonchev–Trinajstić information content (AvgIpc) is 3.01. The minimum Gasteiger partial charge on any atom is -0.481 e. The van der Waals surface area contributed by atoms with Crippen molar-refractivity contribution in [1.29, 1.82) is 0 Å². The van der Waals surface area contributed by atoms with Crippen molar-refractivity contribution < 1.29 is 48.5 Å². The van der Waals surface area contributed by atoms with Crippen molar-refractivity contribution in [1.82, 2.24) is 21.3 Å². The summed E-state index contributed by atoms with van der Waals surface area (Å²) < 4.78 is 12.1. The summed E-state index contributed by atoms with van der Waals surface area (Å²) in [7, 11) is 0. The summed E-state index contributed by atoms with van der Waals surface area (Å²) in [6.45, 7) is 27.2. The number of Topliss-reactive ketones (excluding diaryl/α,β-unsaturated/α-hetero) is 1. The first kappa shape index (κ1) is 51.9. The van der Waals surface area contributed by atoms with Gasteiger partial charge in [-0.3, -0.25) is 24.0 Å². The Morgan fingerprint density at radius 2 is 1.13 bits per heavy atom. The van der Waals surface area contributed by atoms with Crippen LogP contribution in [0.4, 0.5) is 0 Å². The molecule has 0 aromatic carbocycles. The van der Waals surface area contributed by atoms with Crippen molar-refractivity contribution in [3.63, 3.8) is 0 Å². The lowest BCUT2D eigenvalue weighted by molar-refractivity contribution is -0.151. The van der Waals surface area contributed by atoms with Crippen molar-refractivity contribution in [3.8, 4) is 0 Å². The number of carboxylic acid groups (broad SMARTS) is 2. The maximum atomic E-state index is 12.9. The zero-order valence-electron chi connectivity index (χ0n) is 36.5. The first-order valence-corrected chi connectivity index (χ1v) is 19.7. The van der Waals surface area contributed by atoms with Crippen molar-refractivity contribution in [3.05, 3.63) is 0 Å². The van der Waals surface area contributed by atoms with E-state index in [1.807, 2.05) is 48.5 Å². The van der Waals surface area contributed by atoms with Gasteiger partial charge in [0.05, 0.1) is 35.9 Å². The summed E-state index contributed by atoms with van der Waals surface area (Å²) in [4.78, 5) is 74.1. The number of aliphatic carboxylic acids is 2. The number of carbonyl (C=O) groups excluding carboxylic acids is 4. The van der Waals surface area contributed by atoms with Gasteiger partial charge in [0.15, 0.2) is 5.78 Å². The summed E-state index contributed by atoms with van der Waals surface area (Å²) in [5.74, 6) is -3.19.